The molecule has 6 aromatic carbocycles. The molecule has 0 aromatic heterocycles. The first-order valence-electron chi connectivity index (χ1n) is 13.7. The van der Waals surface area contributed by atoms with Crippen LogP contribution in [0.4, 0.5) is 18.9 Å². The molecule has 6 rings (SSSR count). The average Bonchev–Trinajstić information content (AvgIpc) is 3.00. The maximum atomic E-state index is 13.4. The van der Waals surface area contributed by atoms with Crippen LogP contribution >= 0.6 is 0 Å². The quantitative estimate of drug-likeness (QED) is 0.114. The van der Waals surface area contributed by atoms with E-state index >= 15 is 0 Å². The minimum Gasteiger partial charge on any atom is -0.506 e. The number of hydrogen-bond acceptors (Lipinski definition) is 5. The number of carbonyl (C=O) groups excluding carboxylic acids is 1. The van der Waals surface area contributed by atoms with Gasteiger partial charge in [-0.25, -0.2) is 4.79 Å². The molecule has 0 aliphatic carbocycles. The van der Waals surface area contributed by atoms with Gasteiger partial charge in [0.05, 0.1) is 11.3 Å². The summed E-state index contributed by atoms with van der Waals surface area (Å²) >= 11 is 0. The zero-order valence-corrected chi connectivity index (χ0v) is 23.5. The second kappa shape index (κ2) is 11.3. The Hall–Kier alpha value is -5.50. The number of benzene rings is 6. The molecule has 0 saturated carbocycles. The van der Waals surface area contributed by atoms with Gasteiger partial charge in [0.25, 0.3) is 0 Å². The summed E-state index contributed by atoms with van der Waals surface area (Å²) in [5, 5.41) is 14.4. The molecule has 0 aliphatic rings. The molecule has 220 valence electrons. The summed E-state index contributed by atoms with van der Waals surface area (Å²) in [6, 6.07) is 29.8. The van der Waals surface area contributed by atoms with Crippen LogP contribution in [0.2, 0.25) is 0 Å². The summed E-state index contributed by atoms with van der Waals surface area (Å²) in [5.74, 6) is -1.36. The van der Waals surface area contributed by atoms with E-state index < -0.39 is 23.5 Å². The second-order valence-electron chi connectivity index (χ2n) is 10.4. The Bertz CT molecular complexity index is 2040. The fraction of sp³-hybridized carbons (Fsp3) is 0.0833. The van der Waals surface area contributed by atoms with Crippen LogP contribution in [0, 0.1) is 6.92 Å². The number of anilines is 1. The highest BCUT2D eigenvalue weighted by molar-refractivity contribution is 6.15. The van der Waals surface area contributed by atoms with Gasteiger partial charge in [-0.2, -0.15) is 13.2 Å². The predicted molar refractivity (Wildman–Crippen MR) is 165 cm³/mol. The molecule has 0 aliphatic heterocycles. The van der Waals surface area contributed by atoms with E-state index in [0.717, 1.165) is 34.7 Å². The van der Waals surface area contributed by atoms with Crippen LogP contribution in [0.1, 0.15) is 27.0 Å². The van der Waals surface area contributed by atoms with Crippen molar-refractivity contribution in [3.63, 3.8) is 0 Å². The minimum absolute atomic E-state index is 0.230. The third-order valence-corrected chi connectivity index (χ3v) is 7.40. The van der Waals surface area contributed by atoms with E-state index in [-0.39, 0.29) is 29.2 Å². The zero-order chi connectivity index (χ0) is 31.0. The third kappa shape index (κ3) is 5.49. The molecular weight excluding hydrogens is 567 g/mol. The van der Waals surface area contributed by atoms with Crippen LogP contribution in [0.25, 0.3) is 32.7 Å². The predicted octanol–water partition coefficient (Wildman–Crippen LogP) is 9.07. The Balaban J connectivity index is 1.53. The van der Waals surface area contributed by atoms with Crippen molar-refractivity contribution < 1.29 is 32.5 Å². The molecule has 0 saturated heterocycles. The van der Waals surface area contributed by atoms with Crippen molar-refractivity contribution in [2.45, 2.75) is 19.7 Å². The molecule has 3 N–H and O–H groups in total. The van der Waals surface area contributed by atoms with Gasteiger partial charge in [0, 0.05) is 11.1 Å². The molecule has 0 fully saturated rings. The summed E-state index contributed by atoms with van der Waals surface area (Å²) < 4.78 is 51.4. The molecule has 0 bridgehead atoms. The van der Waals surface area contributed by atoms with E-state index in [1.54, 1.807) is 24.3 Å². The number of aryl methyl sites for hydroxylation is 1. The van der Waals surface area contributed by atoms with E-state index in [9.17, 15) is 23.1 Å². The van der Waals surface area contributed by atoms with Gasteiger partial charge in [0.1, 0.15) is 29.4 Å². The van der Waals surface area contributed by atoms with E-state index in [0.29, 0.717) is 27.5 Å². The summed E-state index contributed by atoms with van der Waals surface area (Å²) in [6.45, 7) is 2.20. The Kier molecular flexibility index (Phi) is 7.35. The number of ether oxygens (including phenoxy) is 2. The number of nitrogen functional groups attached to an aromatic ring is 1. The standard InChI is InChI=1S/C36H26F3NO4/c1-21-14-15-28-24(16-21)18-30(43-20-22-8-3-2-4-9-22)33(40)31(28)32-27-13-6-5-10-23(27)17-29(34(32)41)35(42)44-26-12-7-11-25(19-26)36(37,38)39/h2-19,41H,20,40H2,1H3. The largest absolute Gasteiger partial charge is 0.506 e. The topological polar surface area (TPSA) is 81.8 Å². The number of fused-ring (bicyclic) bond motifs is 2. The normalized spacial score (nSPS) is 11.5. The summed E-state index contributed by atoms with van der Waals surface area (Å²) in [6.07, 6.45) is -4.62. The number of esters is 1. The van der Waals surface area contributed by atoms with Gasteiger partial charge in [-0.3, -0.25) is 0 Å². The number of aromatic hydroxyl groups is 1. The van der Waals surface area contributed by atoms with Gasteiger partial charge in [0.2, 0.25) is 0 Å². The fourth-order valence-electron chi connectivity index (χ4n) is 5.28. The Morgan fingerprint density at radius 1 is 0.795 bits per heavy atom. The molecule has 6 aromatic rings. The van der Waals surface area contributed by atoms with Crippen molar-refractivity contribution in [1.82, 2.24) is 0 Å². The maximum Gasteiger partial charge on any atom is 0.416 e. The smallest absolute Gasteiger partial charge is 0.416 e. The Morgan fingerprint density at radius 3 is 2.30 bits per heavy atom. The number of hydrogen-bond donors (Lipinski definition) is 2. The summed E-state index contributed by atoms with van der Waals surface area (Å²) in [4.78, 5) is 13.4. The summed E-state index contributed by atoms with van der Waals surface area (Å²) in [5.41, 5.74) is 8.50. The van der Waals surface area contributed by atoms with Gasteiger partial charge in [-0.05, 0) is 64.4 Å². The lowest BCUT2D eigenvalue weighted by Gasteiger charge is -2.20. The second-order valence-corrected chi connectivity index (χ2v) is 10.4. The number of carbonyl (C=O) groups is 1. The number of phenolic OH excluding ortho intramolecular Hbond substituents is 1. The lowest BCUT2D eigenvalue weighted by atomic mass is 9.89. The van der Waals surface area contributed by atoms with E-state index in [1.807, 2.05) is 61.5 Å². The molecule has 0 radical (unpaired) electrons. The Morgan fingerprint density at radius 2 is 1.52 bits per heavy atom. The van der Waals surface area contributed by atoms with Crippen molar-refractivity contribution in [3.05, 3.63) is 131 Å². The van der Waals surface area contributed by atoms with Gasteiger partial charge >= 0.3 is 12.1 Å². The molecule has 0 unspecified atom stereocenters. The van der Waals surface area contributed by atoms with E-state index in [4.69, 9.17) is 15.2 Å². The van der Waals surface area contributed by atoms with Crippen LogP contribution in [-0.4, -0.2) is 11.1 Å². The number of halogens is 3. The number of nitrogens with two attached hydrogens (primary N) is 1. The third-order valence-electron chi connectivity index (χ3n) is 7.40. The van der Waals surface area contributed by atoms with E-state index in [1.165, 1.54) is 12.1 Å². The first kappa shape index (κ1) is 28.6. The van der Waals surface area contributed by atoms with Crippen LogP contribution in [0.15, 0.2) is 109 Å². The highest BCUT2D eigenvalue weighted by Crippen LogP contribution is 2.48. The average molecular weight is 594 g/mol. The first-order valence-corrected chi connectivity index (χ1v) is 13.7. The molecule has 0 heterocycles. The van der Waals surface area contributed by atoms with E-state index in [2.05, 4.69) is 0 Å². The van der Waals surface area contributed by atoms with Gasteiger partial charge in [-0.15, -0.1) is 0 Å². The van der Waals surface area contributed by atoms with Crippen LogP contribution < -0.4 is 15.2 Å². The number of rotatable bonds is 6. The van der Waals surface area contributed by atoms with Crippen LogP contribution in [0.5, 0.6) is 17.2 Å². The molecule has 0 atom stereocenters. The molecule has 44 heavy (non-hydrogen) atoms. The highest BCUT2D eigenvalue weighted by atomic mass is 19.4. The van der Waals surface area contributed by atoms with Gasteiger partial charge in [0.15, 0.2) is 0 Å². The monoisotopic (exact) mass is 593 g/mol. The first-order chi connectivity index (χ1) is 21.1. The highest BCUT2D eigenvalue weighted by Gasteiger charge is 2.31. The molecule has 0 spiro atoms. The van der Waals surface area contributed by atoms with Crippen LogP contribution in [0.3, 0.4) is 0 Å². The minimum atomic E-state index is -4.62. The molecule has 8 heteroatoms. The van der Waals surface area contributed by atoms with Gasteiger partial charge < -0.3 is 20.3 Å². The van der Waals surface area contributed by atoms with Gasteiger partial charge in [-0.1, -0.05) is 84.4 Å². The van der Waals surface area contributed by atoms with Crippen molar-refractivity contribution in [3.8, 4) is 28.4 Å². The maximum absolute atomic E-state index is 13.4. The molecular formula is C36H26F3NO4. The van der Waals surface area contributed by atoms with Crippen molar-refractivity contribution in [1.29, 1.82) is 0 Å². The summed E-state index contributed by atoms with van der Waals surface area (Å²) in [7, 11) is 0. The number of phenols is 1. The lowest BCUT2D eigenvalue weighted by molar-refractivity contribution is -0.137. The molecule has 5 nitrogen and oxygen atoms in total. The van der Waals surface area contributed by atoms with Crippen molar-refractivity contribution in [2.24, 2.45) is 0 Å². The van der Waals surface area contributed by atoms with Crippen molar-refractivity contribution >= 4 is 33.2 Å². The zero-order valence-electron chi connectivity index (χ0n) is 23.5. The van der Waals surface area contributed by atoms with Crippen LogP contribution in [-0.2, 0) is 12.8 Å². The lowest BCUT2D eigenvalue weighted by Crippen LogP contribution is -2.11. The Labute approximate surface area is 250 Å². The SMILES string of the molecule is Cc1ccc2c(-c3c(O)c(C(=O)Oc4cccc(C(F)(F)F)c4)cc4ccccc34)c(N)c(OCc3ccccc3)cc2c1. The fourth-order valence-corrected chi connectivity index (χ4v) is 5.28. The number of alkyl halides is 3. The van der Waals surface area contributed by atoms with Crippen molar-refractivity contribution in [2.75, 3.05) is 5.73 Å². The molecule has 0 amide bonds.